The fourth-order valence-corrected chi connectivity index (χ4v) is 2.28. The molecule has 1 heterocycles. The molecule has 1 aromatic carbocycles. The van der Waals surface area contributed by atoms with E-state index in [-0.39, 0.29) is 24.4 Å². The summed E-state index contributed by atoms with van der Waals surface area (Å²) in [6.45, 7) is 6.61. The standard InChI is InChI=1S/C16H21F2NO3/c1-16(2,3)22-15(20)19-8-7-11(9-19)10-21-14-12(17)5-4-6-13(14)18/h4-6,11H,7-10H2,1-3H3/t11-/m0/s1. The normalized spacial score (nSPS) is 18.4. The lowest BCUT2D eigenvalue weighted by Gasteiger charge is -2.24. The molecule has 0 spiro atoms. The highest BCUT2D eigenvalue weighted by atomic mass is 19.1. The van der Waals surface area contributed by atoms with Crippen molar-refractivity contribution in [2.75, 3.05) is 19.7 Å². The smallest absolute Gasteiger partial charge is 0.410 e. The van der Waals surface area contributed by atoms with Gasteiger partial charge in [0.15, 0.2) is 17.4 Å². The molecule has 1 fully saturated rings. The quantitative estimate of drug-likeness (QED) is 0.856. The first kappa shape index (κ1) is 16.5. The lowest BCUT2D eigenvalue weighted by molar-refractivity contribution is 0.0284. The fourth-order valence-electron chi connectivity index (χ4n) is 2.28. The Morgan fingerprint density at radius 2 is 1.95 bits per heavy atom. The van der Waals surface area contributed by atoms with Crippen molar-refractivity contribution in [3.8, 4) is 5.75 Å². The number of nitrogens with zero attached hydrogens (tertiary/aromatic N) is 1. The highest BCUT2D eigenvalue weighted by Gasteiger charge is 2.30. The number of benzene rings is 1. The van der Waals surface area contributed by atoms with Gasteiger partial charge in [0.25, 0.3) is 0 Å². The van der Waals surface area contributed by atoms with Crippen molar-refractivity contribution in [1.82, 2.24) is 4.90 Å². The molecule has 2 rings (SSSR count). The van der Waals surface area contributed by atoms with Crippen LogP contribution in [-0.4, -0.2) is 36.3 Å². The summed E-state index contributed by atoms with van der Waals surface area (Å²) in [5.74, 6) is -1.77. The first-order valence-electron chi connectivity index (χ1n) is 7.31. The Balaban J connectivity index is 1.85. The van der Waals surface area contributed by atoms with E-state index < -0.39 is 17.2 Å². The second-order valence-corrected chi connectivity index (χ2v) is 6.44. The SMILES string of the molecule is CC(C)(C)OC(=O)N1CC[C@H](COc2c(F)cccc2F)C1. The summed E-state index contributed by atoms with van der Waals surface area (Å²) in [5.41, 5.74) is -0.540. The number of carbonyl (C=O) groups is 1. The van der Waals surface area contributed by atoms with E-state index in [0.29, 0.717) is 13.1 Å². The van der Waals surface area contributed by atoms with Gasteiger partial charge in [0.05, 0.1) is 6.61 Å². The predicted octanol–water partition coefficient (Wildman–Crippen LogP) is 3.60. The summed E-state index contributed by atoms with van der Waals surface area (Å²) in [5, 5.41) is 0. The molecule has 6 heteroatoms. The van der Waals surface area contributed by atoms with E-state index in [1.165, 1.54) is 6.07 Å². The summed E-state index contributed by atoms with van der Waals surface area (Å²) in [6, 6.07) is 3.59. The van der Waals surface area contributed by atoms with Crippen molar-refractivity contribution in [2.24, 2.45) is 5.92 Å². The number of carbonyl (C=O) groups excluding carboxylic acids is 1. The molecule has 1 saturated heterocycles. The van der Waals surface area contributed by atoms with Crippen LogP contribution < -0.4 is 4.74 Å². The molecule has 1 atom stereocenters. The van der Waals surface area contributed by atoms with Crippen molar-refractivity contribution < 1.29 is 23.0 Å². The lowest BCUT2D eigenvalue weighted by Crippen LogP contribution is -2.35. The zero-order chi connectivity index (χ0) is 16.3. The average Bonchev–Trinajstić information content (AvgIpc) is 2.85. The van der Waals surface area contributed by atoms with E-state index >= 15 is 0 Å². The molecule has 22 heavy (non-hydrogen) atoms. The molecule has 1 aliphatic heterocycles. The van der Waals surface area contributed by atoms with Crippen LogP contribution in [-0.2, 0) is 4.74 Å². The average molecular weight is 313 g/mol. The summed E-state index contributed by atoms with van der Waals surface area (Å²) >= 11 is 0. The van der Waals surface area contributed by atoms with Crippen molar-refractivity contribution in [3.05, 3.63) is 29.8 Å². The molecule has 0 saturated carbocycles. The molecule has 4 nitrogen and oxygen atoms in total. The van der Waals surface area contributed by atoms with Crippen LogP contribution in [0.5, 0.6) is 5.75 Å². The molecule has 1 aliphatic rings. The molecule has 0 unspecified atom stereocenters. The van der Waals surface area contributed by atoms with Crippen LogP contribution in [0.4, 0.5) is 13.6 Å². The third-order valence-electron chi connectivity index (χ3n) is 3.32. The van der Waals surface area contributed by atoms with Crippen LogP contribution in [0.2, 0.25) is 0 Å². The van der Waals surface area contributed by atoms with E-state index in [1.54, 1.807) is 4.90 Å². The minimum absolute atomic E-state index is 0.0338. The van der Waals surface area contributed by atoms with E-state index in [4.69, 9.17) is 9.47 Å². The van der Waals surface area contributed by atoms with Crippen molar-refractivity contribution in [2.45, 2.75) is 32.8 Å². The molecule has 1 aromatic rings. The molecular formula is C16H21F2NO3. The van der Waals surface area contributed by atoms with Gasteiger partial charge in [-0.25, -0.2) is 13.6 Å². The highest BCUT2D eigenvalue weighted by Crippen LogP contribution is 2.24. The fraction of sp³-hybridized carbons (Fsp3) is 0.562. The van der Waals surface area contributed by atoms with Gasteiger partial charge in [-0.3, -0.25) is 0 Å². The van der Waals surface area contributed by atoms with Gasteiger partial charge in [-0.15, -0.1) is 0 Å². The zero-order valence-corrected chi connectivity index (χ0v) is 13.1. The van der Waals surface area contributed by atoms with E-state index in [2.05, 4.69) is 0 Å². The lowest BCUT2D eigenvalue weighted by atomic mass is 10.1. The summed E-state index contributed by atoms with van der Waals surface area (Å²) in [6.07, 6.45) is 0.349. The van der Waals surface area contributed by atoms with Gasteiger partial charge in [0, 0.05) is 19.0 Å². The Hall–Kier alpha value is -1.85. The van der Waals surface area contributed by atoms with Gasteiger partial charge >= 0.3 is 6.09 Å². The zero-order valence-electron chi connectivity index (χ0n) is 13.1. The van der Waals surface area contributed by atoms with Crippen molar-refractivity contribution in [3.63, 3.8) is 0 Å². The Morgan fingerprint density at radius 3 is 2.55 bits per heavy atom. The van der Waals surface area contributed by atoms with Crippen LogP contribution in [0, 0.1) is 17.6 Å². The van der Waals surface area contributed by atoms with Gasteiger partial charge in [0.2, 0.25) is 0 Å². The third-order valence-corrected chi connectivity index (χ3v) is 3.32. The number of likely N-dealkylation sites (tertiary alicyclic amines) is 1. The Bertz CT molecular complexity index is 522. The largest absolute Gasteiger partial charge is 0.487 e. The topological polar surface area (TPSA) is 38.8 Å². The van der Waals surface area contributed by atoms with Crippen LogP contribution in [0.3, 0.4) is 0 Å². The van der Waals surface area contributed by atoms with Gasteiger partial charge in [0.1, 0.15) is 5.60 Å². The minimum Gasteiger partial charge on any atom is -0.487 e. The number of hydrogen-bond donors (Lipinski definition) is 0. The van der Waals surface area contributed by atoms with Crippen LogP contribution in [0.1, 0.15) is 27.2 Å². The number of rotatable bonds is 3. The van der Waals surface area contributed by atoms with Crippen LogP contribution in [0.15, 0.2) is 18.2 Å². The molecule has 122 valence electrons. The Morgan fingerprint density at radius 1 is 1.32 bits per heavy atom. The predicted molar refractivity (Wildman–Crippen MR) is 77.8 cm³/mol. The van der Waals surface area contributed by atoms with Gasteiger partial charge < -0.3 is 14.4 Å². The second kappa shape index (κ2) is 6.50. The maximum Gasteiger partial charge on any atom is 0.410 e. The van der Waals surface area contributed by atoms with E-state index in [9.17, 15) is 13.6 Å². The molecule has 0 radical (unpaired) electrons. The second-order valence-electron chi connectivity index (χ2n) is 6.44. The molecular weight excluding hydrogens is 292 g/mol. The molecule has 0 aromatic heterocycles. The monoisotopic (exact) mass is 313 g/mol. The van der Waals surface area contributed by atoms with E-state index in [0.717, 1.165) is 18.6 Å². The van der Waals surface area contributed by atoms with Crippen LogP contribution >= 0.6 is 0 Å². The van der Waals surface area contributed by atoms with Gasteiger partial charge in [-0.1, -0.05) is 6.07 Å². The minimum atomic E-state index is -0.720. The first-order valence-corrected chi connectivity index (χ1v) is 7.31. The maximum atomic E-state index is 13.5. The molecule has 0 bridgehead atoms. The summed E-state index contributed by atoms with van der Waals surface area (Å²) < 4.78 is 37.5. The number of para-hydroxylation sites is 1. The van der Waals surface area contributed by atoms with Gasteiger partial charge in [-0.05, 0) is 39.3 Å². The Labute approximate surface area is 129 Å². The Kier molecular flexibility index (Phi) is 4.88. The van der Waals surface area contributed by atoms with Crippen molar-refractivity contribution >= 4 is 6.09 Å². The first-order chi connectivity index (χ1) is 10.3. The number of ether oxygens (including phenoxy) is 2. The highest BCUT2D eigenvalue weighted by molar-refractivity contribution is 5.68. The number of amides is 1. The summed E-state index contributed by atoms with van der Waals surface area (Å²) in [7, 11) is 0. The molecule has 0 aliphatic carbocycles. The summed E-state index contributed by atoms with van der Waals surface area (Å²) in [4.78, 5) is 13.5. The van der Waals surface area contributed by atoms with E-state index in [1.807, 2.05) is 20.8 Å². The third kappa shape index (κ3) is 4.32. The molecule has 0 N–H and O–H groups in total. The van der Waals surface area contributed by atoms with Gasteiger partial charge in [-0.2, -0.15) is 0 Å². The number of hydrogen-bond acceptors (Lipinski definition) is 3. The van der Waals surface area contributed by atoms with Crippen molar-refractivity contribution in [1.29, 1.82) is 0 Å². The van der Waals surface area contributed by atoms with Crippen LogP contribution in [0.25, 0.3) is 0 Å². The molecule has 1 amide bonds. The maximum absolute atomic E-state index is 13.5. The number of halogens is 2.